The molecular weight excluding hydrogens is 220 g/mol. The molecule has 0 radical (unpaired) electrons. The normalized spacial score (nSPS) is 24.5. The van der Waals surface area contributed by atoms with Gasteiger partial charge in [0.25, 0.3) is 0 Å². The van der Waals surface area contributed by atoms with E-state index in [2.05, 4.69) is 58.7 Å². The molecule has 0 bridgehead atoms. The second kappa shape index (κ2) is 5.92. The zero-order valence-electron chi connectivity index (χ0n) is 13.6. The van der Waals surface area contributed by atoms with E-state index >= 15 is 0 Å². The topological polar surface area (TPSA) is 15.3 Å². The van der Waals surface area contributed by atoms with Crippen molar-refractivity contribution in [3.63, 3.8) is 0 Å². The largest absolute Gasteiger partial charge is 0.314 e. The number of hydrogen-bond donors (Lipinski definition) is 1. The van der Waals surface area contributed by atoms with Crippen molar-refractivity contribution in [2.75, 3.05) is 26.2 Å². The number of nitrogens with one attached hydrogen (secondary N) is 1. The Labute approximate surface area is 115 Å². The Balaban J connectivity index is 2.49. The highest BCUT2D eigenvalue weighted by Crippen LogP contribution is 2.35. The lowest BCUT2D eigenvalue weighted by atomic mass is 9.80. The van der Waals surface area contributed by atoms with Crippen LogP contribution in [0.4, 0.5) is 0 Å². The molecule has 2 nitrogen and oxygen atoms in total. The Kier molecular flexibility index (Phi) is 5.25. The summed E-state index contributed by atoms with van der Waals surface area (Å²) in [7, 11) is 0. The van der Waals surface area contributed by atoms with Gasteiger partial charge in [-0.1, -0.05) is 41.5 Å². The second-order valence-electron chi connectivity index (χ2n) is 7.85. The maximum atomic E-state index is 3.57. The van der Waals surface area contributed by atoms with Crippen LogP contribution in [0.15, 0.2) is 0 Å². The molecule has 18 heavy (non-hydrogen) atoms. The lowest BCUT2D eigenvalue weighted by Gasteiger charge is -2.36. The molecule has 2 atom stereocenters. The van der Waals surface area contributed by atoms with Crippen LogP contribution in [0.1, 0.15) is 54.9 Å². The average molecular weight is 254 g/mol. The summed E-state index contributed by atoms with van der Waals surface area (Å²) in [6, 6.07) is 0.580. The van der Waals surface area contributed by atoms with E-state index in [0.29, 0.717) is 16.9 Å². The Morgan fingerprint density at radius 2 is 1.83 bits per heavy atom. The monoisotopic (exact) mass is 254 g/mol. The van der Waals surface area contributed by atoms with Crippen LogP contribution in [-0.4, -0.2) is 37.1 Å². The molecule has 1 N–H and O–H groups in total. The molecule has 0 spiro atoms. The van der Waals surface area contributed by atoms with E-state index in [1.54, 1.807) is 0 Å². The summed E-state index contributed by atoms with van der Waals surface area (Å²) in [6.45, 7) is 21.3. The van der Waals surface area contributed by atoms with Crippen molar-refractivity contribution in [2.24, 2.45) is 16.7 Å². The van der Waals surface area contributed by atoms with Crippen LogP contribution in [0.3, 0.4) is 0 Å². The zero-order chi connectivity index (χ0) is 14.0. The molecule has 1 rings (SSSR count). The molecule has 1 heterocycles. The quantitative estimate of drug-likeness (QED) is 0.809. The first-order valence-corrected chi connectivity index (χ1v) is 7.62. The Morgan fingerprint density at radius 3 is 2.28 bits per heavy atom. The minimum absolute atomic E-state index is 0.350. The predicted molar refractivity (Wildman–Crippen MR) is 80.9 cm³/mol. The summed E-state index contributed by atoms with van der Waals surface area (Å²) in [5.74, 6) is 0.864. The lowest BCUT2D eigenvalue weighted by Crippen LogP contribution is -2.46. The van der Waals surface area contributed by atoms with Crippen LogP contribution in [0.2, 0.25) is 0 Å². The zero-order valence-corrected chi connectivity index (χ0v) is 13.6. The van der Waals surface area contributed by atoms with E-state index in [1.807, 2.05) is 0 Å². The van der Waals surface area contributed by atoms with Gasteiger partial charge in [-0.05, 0) is 43.2 Å². The Bertz CT molecular complexity index is 252. The Hall–Kier alpha value is -0.0800. The average Bonchev–Trinajstić information content (AvgIpc) is 2.65. The van der Waals surface area contributed by atoms with Gasteiger partial charge in [0.2, 0.25) is 0 Å². The van der Waals surface area contributed by atoms with E-state index in [9.17, 15) is 0 Å². The first-order chi connectivity index (χ1) is 8.16. The summed E-state index contributed by atoms with van der Waals surface area (Å²) in [5.41, 5.74) is 0.814. The van der Waals surface area contributed by atoms with Crippen LogP contribution < -0.4 is 5.32 Å². The third-order valence-electron chi connectivity index (χ3n) is 4.81. The van der Waals surface area contributed by atoms with Crippen molar-refractivity contribution in [3.8, 4) is 0 Å². The first kappa shape index (κ1) is 16.0. The summed E-state index contributed by atoms with van der Waals surface area (Å²) in [4.78, 5) is 2.67. The van der Waals surface area contributed by atoms with Gasteiger partial charge in [-0.3, -0.25) is 0 Å². The molecule has 1 saturated heterocycles. The van der Waals surface area contributed by atoms with Crippen molar-refractivity contribution in [2.45, 2.75) is 60.9 Å². The van der Waals surface area contributed by atoms with Crippen LogP contribution >= 0.6 is 0 Å². The lowest BCUT2D eigenvalue weighted by molar-refractivity contribution is 0.150. The van der Waals surface area contributed by atoms with E-state index in [-0.39, 0.29) is 0 Å². The van der Waals surface area contributed by atoms with Gasteiger partial charge < -0.3 is 10.2 Å². The highest BCUT2D eigenvalue weighted by molar-refractivity contribution is 4.89. The number of likely N-dealkylation sites (tertiary alicyclic amines) is 1. The first-order valence-electron chi connectivity index (χ1n) is 7.62. The minimum atomic E-state index is 0.350. The summed E-state index contributed by atoms with van der Waals surface area (Å²) >= 11 is 0. The summed E-state index contributed by atoms with van der Waals surface area (Å²) < 4.78 is 0. The van der Waals surface area contributed by atoms with Gasteiger partial charge in [0.15, 0.2) is 0 Å². The molecule has 0 aromatic carbocycles. The molecule has 0 saturated carbocycles. The molecule has 1 aliphatic rings. The van der Waals surface area contributed by atoms with Gasteiger partial charge in [0.1, 0.15) is 0 Å². The van der Waals surface area contributed by atoms with Crippen LogP contribution in [0.5, 0.6) is 0 Å². The highest BCUT2D eigenvalue weighted by Gasteiger charge is 2.35. The number of nitrogens with zero attached hydrogens (tertiary/aromatic N) is 1. The summed E-state index contributed by atoms with van der Waals surface area (Å²) in [5, 5.41) is 3.57. The molecule has 0 aromatic rings. The van der Waals surface area contributed by atoms with E-state index in [1.165, 1.54) is 26.1 Å². The third-order valence-corrected chi connectivity index (χ3v) is 4.81. The third kappa shape index (κ3) is 4.24. The molecule has 2 heteroatoms. The number of hydrogen-bond acceptors (Lipinski definition) is 2. The van der Waals surface area contributed by atoms with Crippen LogP contribution in [0, 0.1) is 16.7 Å². The van der Waals surface area contributed by atoms with E-state index < -0.39 is 0 Å². The molecule has 1 aliphatic heterocycles. The maximum absolute atomic E-state index is 3.57. The summed E-state index contributed by atoms with van der Waals surface area (Å²) in [6.07, 6.45) is 1.37. The minimum Gasteiger partial charge on any atom is -0.314 e. The Morgan fingerprint density at radius 1 is 1.22 bits per heavy atom. The van der Waals surface area contributed by atoms with E-state index in [4.69, 9.17) is 0 Å². The fourth-order valence-corrected chi connectivity index (χ4v) is 2.98. The molecule has 2 unspecified atom stereocenters. The standard InChI is InChI=1S/C16H34N2/c1-8-17-13(2)16(6,7)12-18-10-9-14(11-18)15(3,4)5/h13-14,17H,8-12H2,1-7H3. The SMILES string of the molecule is CCNC(C)C(C)(C)CN1CCC(C(C)(C)C)C1. The molecule has 108 valence electrons. The van der Waals surface area contributed by atoms with Crippen LogP contribution in [-0.2, 0) is 0 Å². The van der Waals surface area contributed by atoms with Crippen LogP contribution in [0.25, 0.3) is 0 Å². The molecule has 0 aromatic heterocycles. The van der Waals surface area contributed by atoms with Gasteiger partial charge >= 0.3 is 0 Å². The molecular formula is C16H34N2. The van der Waals surface area contributed by atoms with Crippen molar-refractivity contribution in [3.05, 3.63) is 0 Å². The van der Waals surface area contributed by atoms with Crippen molar-refractivity contribution in [1.82, 2.24) is 10.2 Å². The highest BCUT2D eigenvalue weighted by atomic mass is 15.2. The smallest absolute Gasteiger partial charge is 0.0102 e. The molecule has 1 fully saturated rings. The fraction of sp³-hybridized carbons (Fsp3) is 1.00. The van der Waals surface area contributed by atoms with Gasteiger partial charge in [0.05, 0.1) is 0 Å². The van der Waals surface area contributed by atoms with Gasteiger partial charge in [-0.15, -0.1) is 0 Å². The van der Waals surface area contributed by atoms with Gasteiger partial charge in [-0.25, -0.2) is 0 Å². The maximum Gasteiger partial charge on any atom is 0.0102 e. The molecule has 0 amide bonds. The second-order valence-corrected chi connectivity index (χ2v) is 7.85. The predicted octanol–water partition coefficient (Wildman–Crippen LogP) is 3.38. The van der Waals surface area contributed by atoms with Gasteiger partial charge in [0, 0.05) is 19.1 Å². The van der Waals surface area contributed by atoms with Crippen molar-refractivity contribution in [1.29, 1.82) is 0 Å². The fourth-order valence-electron chi connectivity index (χ4n) is 2.98. The van der Waals surface area contributed by atoms with Gasteiger partial charge in [-0.2, -0.15) is 0 Å². The molecule has 0 aliphatic carbocycles. The van der Waals surface area contributed by atoms with Crippen molar-refractivity contribution >= 4 is 0 Å². The number of rotatable bonds is 5. The van der Waals surface area contributed by atoms with Crippen molar-refractivity contribution < 1.29 is 0 Å². The van der Waals surface area contributed by atoms with E-state index in [0.717, 1.165) is 12.5 Å².